The van der Waals surface area contributed by atoms with Crippen molar-refractivity contribution in [2.24, 2.45) is 0 Å². The number of nitrogens with zero attached hydrogens (tertiary/aromatic N) is 1. The SMILES string of the molecule is O=C(N1CC=C(c2c[nH]c3ccc(Br)cc23)CC1)C(F)(F)F. The van der Waals surface area contributed by atoms with Crippen LogP contribution in [0.25, 0.3) is 16.5 Å². The first-order chi connectivity index (χ1) is 10.4. The first-order valence-electron chi connectivity index (χ1n) is 6.68. The summed E-state index contributed by atoms with van der Waals surface area (Å²) in [7, 11) is 0. The number of alkyl halides is 3. The number of H-pyrrole nitrogens is 1. The number of halogens is 4. The van der Waals surface area contributed by atoms with Crippen LogP contribution in [0.15, 0.2) is 34.9 Å². The molecule has 1 aromatic carbocycles. The lowest BCUT2D eigenvalue weighted by Crippen LogP contribution is -2.43. The van der Waals surface area contributed by atoms with E-state index in [0.29, 0.717) is 6.42 Å². The monoisotopic (exact) mass is 372 g/mol. The normalized spacial score (nSPS) is 16.0. The highest BCUT2D eigenvalue weighted by molar-refractivity contribution is 9.10. The Labute approximate surface area is 132 Å². The molecule has 1 amide bonds. The fourth-order valence-corrected chi connectivity index (χ4v) is 3.00. The number of carbonyl (C=O) groups excluding carboxylic acids is 1. The van der Waals surface area contributed by atoms with Crippen molar-refractivity contribution in [3.05, 3.63) is 40.5 Å². The van der Waals surface area contributed by atoms with E-state index >= 15 is 0 Å². The average molecular weight is 373 g/mol. The lowest BCUT2D eigenvalue weighted by atomic mass is 9.99. The molecule has 1 aliphatic heterocycles. The number of amides is 1. The molecule has 3 rings (SSSR count). The zero-order valence-electron chi connectivity index (χ0n) is 11.4. The van der Waals surface area contributed by atoms with E-state index in [0.717, 1.165) is 31.4 Å². The van der Waals surface area contributed by atoms with Gasteiger partial charge in [-0.25, -0.2) is 0 Å². The van der Waals surface area contributed by atoms with Crippen LogP contribution < -0.4 is 0 Å². The predicted molar refractivity (Wildman–Crippen MR) is 81.2 cm³/mol. The molecule has 2 aromatic rings. The van der Waals surface area contributed by atoms with Gasteiger partial charge in [0.15, 0.2) is 0 Å². The van der Waals surface area contributed by atoms with Crippen LogP contribution in [0, 0.1) is 0 Å². The van der Waals surface area contributed by atoms with Gasteiger partial charge in [-0.1, -0.05) is 22.0 Å². The third-order valence-electron chi connectivity index (χ3n) is 3.73. The average Bonchev–Trinajstić information content (AvgIpc) is 2.88. The van der Waals surface area contributed by atoms with Crippen molar-refractivity contribution in [3.8, 4) is 0 Å². The van der Waals surface area contributed by atoms with Crippen molar-refractivity contribution in [2.45, 2.75) is 12.6 Å². The van der Waals surface area contributed by atoms with Gasteiger partial charge in [0.2, 0.25) is 0 Å². The van der Waals surface area contributed by atoms with Crippen LogP contribution in [-0.4, -0.2) is 35.1 Å². The molecule has 116 valence electrons. The minimum Gasteiger partial charge on any atom is -0.361 e. The van der Waals surface area contributed by atoms with Crippen LogP contribution in [0.2, 0.25) is 0 Å². The largest absolute Gasteiger partial charge is 0.471 e. The van der Waals surface area contributed by atoms with Gasteiger partial charge in [-0.05, 0) is 30.2 Å². The lowest BCUT2D eigenvalue weighted by Gasteiger charge is -2.27. The fraction of sp³-hybridized carbons (Fsp3) is 0.267. The molecule has 0 unspecified atom stereocenters. The Kier molecular flexibility index (Phi) is 3.76. The topological polar surface area (TPSA) is 36.1 Å². The molecule has 0 aliphatic carbocycles. The van der Waals surface area contributed by atoms with E-state index in [2.05, 4.69) is 20.9 Å². The zero-order chi connectivity index (χ0) is 15.9. The zero-order valence-corrected chi connectivity index (χ0v) is 13.0. The predicted octanol–water partition coefficient (Wildman–Crippen LogP) is 4.11. The number of aromatic amines is 1. The highest BCUT2D eigenvalue weighted by Crippen LogP contribution is 2.31. The molecule has 3 nitrogen and oxygen atoms in total. The van der Waals surface area contributed by atoms with Crippen LogP contribution in [-0.2, 0) is 4.79 Å². The summed E-state index contributed by atoms with van der Waals surface area (Å²) in [6.07, 6.45) is -0.862. The van der Waals surface area contributed by atoms with Crippen molar-refractivity contribution >= 4 is 38.3 Å². The maximum atomic E-state index is 12.4. The lowest BCUT2D eigenvalue weighted by molar-refractivity contribution is -0.185. The van der Waals surface area contributed by atoms with Crippen LogP contribution in [0.4, 0.5) is 13.2 Å². The van der Waals surface area contributed by atoms with Gasteiger partial charge in [-0.2, -0.15) is 13.2 Å². The minimum atomic E-state index is -4.81. The van der Waals surface area contributed by atoms with Crippen molar-refractivity contribution in [3.63, 3.8) is 0 Å². The number of carbonyl (C=O) groups is 1. The number of hydrogen-bond donors (Lipinski definition) is 1. The maximum Gasteiger partial charge on any atom is 0.471 e. The summed E-state index contributed by atoms with van der Waals surface area (Å²) in [5.74, 6) is -1.77. The van der Waals surface area contributed by atoms with E-state index < -0.39 is 12.1 Å². The van der Waals surface area contributed by atoms with Gasteiger partial charge >= 0.3 is 12.1 Å². The molecule has 22 heavy (non-hydrogen) atoms. The quantitative estimate of drug-likeness (QED) is 0.803. The Morgan fingerprint density at radius 1 is 1.32 bits per heavy atom. The van der Waals surface area contributed by atoms with E-state index in [-0.39, 0.29) is 13.1 Å². The molecule has 0 bridgehead atoms. The summed E-state index contributed by atoms with van der Waals surface area (Å²) in [4.78, 5) is 15.2. The van der Waals surface area contributed by atoms with Crippen LogP contribution in [0.5, 0.6) is 0 Å². The molecule has 0 atom stereocenters. The van der Waals surface area contributed by atoms with Gasteiger partial charge in [0.1, 0.15) is 0 Å². The molecule has 7 heteroatoms. The van der Waals surface area contributed by atoms with E-state index in [1.54, 1.807) is 6.08 Å². The Balaban J connectivity index is 1.86. The molecule has 1 aromatic heterocycles. The first-order valence-corrected chi connectivity index (χ1v) is 7.47. The molecule has 1 N–H and O–H groups in total. The summed E-state index contributed by atoms with van der Waals surface area (Å²) in [5, 5.41) is 1.01. The number of fused-ring (bicyclic) bond motifs is 1. The Morgan fingerprint density at radius 3 is 2.73 bits per heavy atom. The summed E-state index contributed by atoms with van der Waals surface area (Å²) in [5.41, 5.74) is 2.89. The molecular weight excluding hydrogens is 361 g/mol. The molecule has 0 fully saturated rings. The summed E-state index contributed by atoms with van der Waals surface area (Å²) in [6, 6.07) is 5.82. The number of aromatic nitrogens is 1. The summed E-state index contributed by atoms with van der Waals surface area (Å²) >= 11 is 3.41. The van der Waals surface area contributed by atoms with Crippen molar-refractivity contribution in [1.82, 2.24) is 9.88 Å². The molecule has 0 saturated heterocycles. The van der Waals surface area contributed by atoms with Crippen LogP contribution in [0.1, 0.15) is 12.0 Å². The second-order valence-electron chi connectivity index (χ2n) is 5.12. The van der Waals surface area contributed by atoms with Crippen molar-refractivity contribution in [1.29, 1.82) is 0 Å². The maximum absolute atomic E-state index is 12.4. The number of rotatable bonds is 1. The standard InChI is InChI=1S/C15H12BrF3N2O/c16-10-1-2-13-11(7-10)12(8-20-13)9-3-5-21(6-4-9)14(22)15(17,18)19/h1-3,7-8,20H,4-6H2. The molecule has 0 saturated carbocycles. The third kappa shape index (κ3) is 2.77. The minimum absolute atomic E-state index is 0.0195. The van der Waals surface area contributed by atoms with Crippen LogP contribution in [0.3, 0.4) is 0 Å². The Hall–Kier alpha value is -1.76. The Morgan fingerprint density at radius 2 is 2.09 bits per heavy atom. The van der Waals surface area contributed by atoms with Gasteiger partial charge in [-0.3, -0.25) is 4.79 Å². The number of benzene rings is 1. The van der Waals surface area contributed by atoms with E-state index in [9.17, 15) is 18.0 Å². The van der Waals surface area contributed by atoms with E-state index in [4.69, 9.17) is 0 Å². The second-order valence-corrected chi connectivity index (χ2v) is 6.04. The number of hydrogen-bond acceptors (Lipinski definition) is 1. The highest BCUT2D eigenvalue weighted by atomic mass is 79.9. The molecule has 0 spiro atoms. The van der Waals surface area contributed by atoms with Gasteiger partial charge < -0.3 is 9.88 Å². The Bertz CT molecular complexity index is 764. The summed E-state index contributed by atoms with van der Waals surface area (Å²) in [6.45, 7) is 0.0548. The van der Waals surface area contributed by atoms with Gasteiger partial charge in [0, 0.05) is 40.2 Å². The molecule has 1 aliphatic rings. The fourth-order valence-electron chi connectivity index (χ4n) is 2.64. The smallest absolute Gasteiger partial charge is 0.361 e. The van der Waals surface area contributed by atoms with Crippen molar-refractivity contribution < 1.29 is 18.0 Å². The molecule has 2 heterocycles. The molecular formula is C15H12BrF3N2O. The number of nitrogens with one attached hydrogen (secondary N) is 1. The van der Waals surface area contributed by atoms with E-state index in [1.807, 2.05) is 24.4 Å². The van der Waals surface area contributed by atoms with Gasteiger partial charge in [0.25, 0.3) is 0 Å². The third-order valence-corrected chi connectivity index (χ3v) is 4.22. The first kappa shape index (κ1) is 15.1. The molecule has 0 radical (unpaired) electrons. The van der Waals surface area contributed by atoms with Gasteiger partial charge in [0.05, 0.1) is 0 Å². The van der Waals surface area contributed by atoms with E-state index in [1.165, 1.54) is 0 Å². The second kappa shape index (κ2) is 5.46. The van der Waals surface area contributed by atoms with Gasteiger partial charge in [-0.15, -0.1) is 0 Å². The highest BCUT2D eigenvalue weighted by Gasteiger charge is 2.42. The van der Waals surface area contributed by atoms with Crippen molar-refractivity contribution in [2.75, 3.05) is 13.1 Å². The summed E-state index contributed by atoms with van der Waals surface area (Å²) < 4.78 is 38.2. The van der Waals surface area contributed by atoms with Crippen LogP contribution >= 0.6 is 15.9 Å².